The van der Waals surface area contributed by atoms with Crippen molar-refractivity contribution in [2.75, 3.05) is 11.6 Å². The Morgan fingerprint density at radius 3 is 2.84 bits per heavy atom. The van der Waals surface area contributed by atoms with E-state index in [4.69, 9.17) is 0 Å². The molecular formula is C16H13FN8. The zero-order chi connectivity index (χ0) is 16.5. The monoisotopic (exact) mass is 336 g/mol. The molecule has 2 aromatic heterocycles. The largest absolute Gasteiger partial charge is 0.304 e. The number of fused-ring (bicyclic) bond motifs is 6. The van der Waals surface area contributed by atoms with E-state index in [0.29, 0.717) is 28.6 Å². The van der Waals surface area contributed by atoms with Gasteiger partial charge in [-0.15, -0.1) is 15.3 Å². The van der Waals surface area contributed by atoms with Crippen LogP contribution in [-0.2, 0) is 0 Å². The summed E-state index contributed by atoms with van der Waals surface area (Å²) < 4.78 is 17.4. The van der Waals surface area contributed by atoms with Crippen LogP contribution in [0.15, 0.2) is 36.7 Å². The van der Waals surface area contributed by atoms with Crippen LogP contribution >= 0.6 is 0 Å². The van der Waals surface area contributed by atoms with Crippen LogP contribution in [-0.4, -0.2) is 41.5 Å². The summed E-state index contributed by atoms with van der Waals surface area (Å²) in [6, 6.07) is 7.80. The SMILES string of the molecule is FN1C=C2N(C1)c1ccccc1-c1nnc(-n3cc(C4CC4)nn3)n12. The first-order valence-corrected chi connectivity index (χ1v) is 8.19. The second kappa shape index (κ2) is 4.44. The zero-order valence-corrected chi connectivity index (χ0v) is 13.1. The lowest BCUT2D eigenvalue weighted by atomic mass is 10.1. The number of aromatic nitrogens is 6. The first kappa shape index (κ1) is 13.1. The lowest BCUT2D eigenvalue weighted by molar-refractivity contribution is 0.104. The van der Waals surface area contributed by atoms with E-state index in [1.54, 1.807) is 4.68 Å². The molecule has 6 rings (SSSR count). The number of halogens is 1. The van der Waals surface area contributed by atoms with Crippen molar-refractivity contribution in [2.45, 2.75) is 18.8 Å². The molecule has 1 aliphatic carbocycles. The lowest BCUT2D eigenvalue weighted by Gasteiger charge is -2.29. The summed E-state index contributed by atoms with van der Waals surface area (Å²) in [4.78, 5) is 1.90. The molecule has 124 valence electrons. The molecule has 3 aromatic rings. The molecule has 0 radical (unpaired) electrons. The molecule has 8 nitrogen and oxygen atoms in total. The quantitative estimate of drug-likeness (QED) is 0.668. The van der Waals surface area contributed by atoms with E-state index in [0.717, 1.165) is 29.8 Å². The summed E-state index contributed by atoms with van der Waals surface area (Å²) in [5.41, 5.74) is 2.80. The Kier molecular flexibility index (Phi) is 2.33. The molecular weight excluding hydrogens is 323 g/mol. The fourth-order valence-corrected chi connectivity index (χ4v) is 3.47. The van der Waals surface area contributed by atoms with Crippen LogP contribution in [0.5, 0.6) is 0 Å². The van der Waals surface area contributed by atoms with Crippen molar-refractivity contribution in [3.8, 4) is 17.3 Å². The Bertz CT molecular complexity index is 1030. The second-order valence-electron chi connectivity index (χ2n) is 6.49. The van der Waals surface area contributed by atoms with Gasteiger partial charge < -0.3 is 4.90 Å². The number of benzene rings is 1. The van der Waals surface area contributed by atoms with Crippen LogP contribution in [0.25, 0.3) is 23.2 Å². The summed E-state index contributed by atoms with van der Waals surface area (Å²) in [7, 11) is 0. The highest BCUT2D eigenvalue weighted by molar-refractivity contribution is 5.89. The van der Waals surface area contributed by atoms with Crippen LogP contribution in [0, 0.1) is 0 Å². The van der Waals surface area contributed by atoms with Crippen molar-refractivity contribution in [1.29, 1.82) is 0 Å². The molecule has 0 amide bonds. The number of nitrogens with zero attached hydrogens (tertiary/aromatic N) is 8. The van der Waals surface area contributed by atoms with E-state index in [-0.39, 0.29) is 6.67 Å². The molecule has 3 aliphatic rings. The maximum atomic E-state index is 14.0. The number of hydrogen-bond donors (Lipinski definition) is 0. The van der Waals surface area contributed by atoms with Crippen molar-refractivity contribution in [3.63, 3.8) is 0 Å². The van der Waals surface area contributed by atoms with Gasteiger partial charge in [0.2, 0.25) is 0 Å². The minimum Gasteiger partial charge on any atom is -0.304 e. The Balaban J connectivity index is 1.58. The minimum atomic E-state index is 0.133. The predicted octanol–water partition coefficient (Wildman–Crippen LogP) is 2.14. The van der Waals surface area contributed by atoms with Crippen molar-refractivity contribution >= 4 is 11.5 Å². The number of hydrogen-bond acceptors (Lipinski definition) is 6. The van der Waals surface area contributed by atoms with Crippen molar-refractivity contribution < 1.29 is 4.48 Å². The maximum Gasteiger partial charge on any atom is 0.259 e. The second-order valence-corrected chi connectivity index (χ2v) is 6.49. The zero-order valence-electron chi connectivity index (χ0n) is 13.1. The van der Waals surface area contributed by atoms with Gasteiger partial charge in [0.1, 0.15) is 12.5 Å². The minimum absolute atomic E-state index is 0.133. The Hall–Kier alpha value is -3.23. The third-order valence-corrected chi connectivity index (χ3v) is 4.83. The molecule has 0 spiro atoms. The molecule has 2 aliphatic heterocycles. The summed E-state index contributed by atoms with van der Waals surface area (Å²) in [6.07, 6.45) is 5.65. The van der Waals surface area contributed by atoms with Gasteiger partial charge in [-0.1, -0.05) is 21.8 Å². The summed E-state index contributed by atoms with van der Waals surface area (Å²) >= 11 is 0. The van der Waals surface area contributed by atoms with E-state index in [9.17, 15) is 4.48 Å². The molecule has 25 heavy (non-hydrogen) atoms. The summed E-state index contributed by atoms with van der Waals surface area (Å²) in [5.74, 6) is 2.35. The van der Waals surface area contributed by atoms with Gasteiger partial charge >= 0.3 is 0 Å². The molecule has 1 saturated carbocycles. The highest BCUT2D eigenvalue weighted by Crippen LogP contribution is 2.43. The summed E-state index contributed by atoms with van der Waals surface area (Å²) in [5, 5.41) is 17.8. The average Bonchev–Trinajstić information content (AvgIpc) is 3.05. The fourth-order valence-electron chi connectivity index (χ4n) is 3.47. The normalized spacial score (nSPS) is 18.0. The van der Waals surface area contributed by atoms with Gasteiger partial charge in [-0.05, 0) is 25.0 Å². The maximum absolute atomic E-state index is 14.0. The number of rotatable bonds is 2. The van der Waals surface area contributed by atoms with Crippen molar-refractivity contribution in [2.24, 2.45) is 0 Å². The Morgan fingerprint density at radius 1 is 1.08 bits per heavy atom. The van der Waals surface area contributed by atoms with E-state index in [1.807, 2.05) is 39.9 Å². The van der Waals surface area contributed by atoms with E-state index >= 15 is 0 Å². The predicted molar refractivity (Wildman–Crippen MR) is 86.9 cm³/mol. The number of para-hydroxylation sites is 1. The van der Waals surface area contributed by atoms with Crippen LogP contribution in [0.1, 0.15) is 24.5 Å². The van der Waals surface area contributed by atoms with Gasteiger partial charge in [-0.25, -0.2) is 4.57 Å². The Morgan fingerprint density at radius 2 is 1.96 bits per heavy atom. The van der Waals surface area contributed by atoms with Crippen LogP contribution in [0.3, 0.4) is 0 Å². The molecule has 1 aromatic carbocycles. The highest BCUT2D eigenvalue weighted by Gasteiger charge is 2.36. The molecule has 0 atom stereocenters. The Labute approximate surface area is 141 Å². The smallest absolute Gasteiger partial charge is 0.259 e. The van der Waals surface area contributed by atoms with Gasteiger partial charge in [0.05, 0.1) is 23.8 Å². The molecule has 0 bridgehead atoms. The van der Waals surface area contributed by atoms with Crippen LogP contribution < -0.4 is 4.90 Å². The average molecular weight is 336 g/mol. The molecule has 9 heteroatoms. The first-order chi connectivity index (χ1) is 12.3. The van der Waals surface area contributed by atoms with Gasteiger partial charge in [0, 0.05) is 11.5 Å². The molecule has 4 heterocycles. The van der Waals surface area contributed by atoms with E-state index in [1.165, 1.54) is 6.20 Å². The van der Waals surface area contributed by atoms with Gasteiger partial charge in [-0.3, -0.25) is 0 Å². The van der Waals surface area contributed by atoms with E-state index in [2.05, 4.69) is 20.5 Å². The standard InChI is InChI=1S/C16H13FN8/c17-22-8-14-23(9-22)13-4-2-1-3-11(13)15-19-20-16(25(14)15)24-7-12(18-21-24)10-5-6-10/h1-4,7-8,10H,5-6,9H2. The first-order valence-electron chi connectivity index (χ1n) is 8.19. The molecule has 0 saturated heterocycles. The summed E-state index contributed by atoms with van der Waals surface area (Å²) in [6.45, 7) is 0.133. The fraction of sp³-hybridized carbons (Fsp3) is 0.250. The van der Waals surface area contributed by atoms with Crippen LogP contribution in [0.2, 0.25) is 0 Å². The lowest BCUT2D eigenvalue weighted by Crippen LogP contribution is -2.29. The van der Waals surface area contributed by atoms with Gasteiger partial charge in [0.25, 0.3) is 5.95 Å². The third-order valence-electron chi connectivity index (χ3n) is 4.83. The van der Waals surface area contributed by atoms with E-state index < -0.39 is 0 Å². The number of anilines is 1. The molecule has 1 fully saturated rings. The van der Waals surface area contributed by atoms with Crippen molar-refractivity contribution in [1.82, 2.24) is 34.9 Å². The van der Waals surface area contributed by atoms with Crippen LogP contribution in [0.4, 0.5) is 10.2 Å². The molecule has 0 unspecified atom stereocenters. The van der Waals surface area contributed by atoms with Gasteiger partial charge in [-0.2, -0.15) is 9.80 Å². The van der Waals surface area contributed by atoms with Gasteiger partial charge in [0.15, 0.2) is 5.82 Å². The molecule has 0 N–H and O–H groups in total. The van der Waals surface area contributed by atoms with Crippen molar-refractivity contribution in [3.05, 3.63) is 42.4 Å². The third kappa shape index (κ3) is 1.74. The highest BCUT2D eigenvalue weighted by atomic mass is 19.2. The topological polar surface area (TPSA) is 67.9 Å².